The highest BCUT2D eigenvalue weighted by Gasteiger charge is 2.32. The van der Waals surface area contributed by atoms with Crippen molar-refractivity contribution in [1.82, 2.24) is 10.2 Å². The fourth-order valence-electron chi connectivity index (χ4n) is 3.34. The van der Waals surface area contributed by atoms with Crippen molar-refractivity contribution in [1.29, 1.82) is 0 Å². The van der Waals surface area contributed by atoms with Crippen molar-refractivity contribution in [2.24, 2.45) is 0 Å². The van der Waals surface area contributed by atoms with Gasteiger partial charge in [-0.05, 0) is 50.9 Å². The molecular formula is C14H28N2S. The molecule has 3 heteroatoms. The fourth-order valence-corrected chi connectivity index (χ4v) is 4.56. The van der Waals surface area contributed by atoms with Gasteiger partial charge in [-0.2, -0.15) is 11.8 Å². The van der Waals surface area contributed by atoms with Crippen LogP contribution in [0.4, 0.5) is 0 Å². The molecule has 2 nitrogen and oxygen atoms in total. The van der Waals surface area contributed by atoms with E-state index in [0.29, 0.717) is 0 Å². The Balaban J connectivity index is 1.98. The summed E-state index contributed by atoms with van der Waals surface area (Å²) >= 11 is 2.18. The molecule has 0 bridgehead atoms. The molecule has 1 N–H and O–H groups in total. The summed E-state index contributed by atoms with van der Waals surface area (Å²) in [6.07, 6.45) is 6.90. The van der Waals surface area contributed by atoms with Crippen LogP contribution in [-0.2, 0) is 0 Å². The van der Waals surface area contributed by atoms with Crippen LogP contribution < -0.4 is 5.32 Å². The van der Waals surface area contributed by atoms with E-state index in [1.54, 1.807) is 0 Å². The second kappa shape index (κ2) is 7.01. The Hall–Kier alpha value is 0.270. The first-order valence-electron chi connectivity index (χ1n) is 7.41. The van der Waals surface area contributed by atoms with E-state index in [-0.39, 0.29) is 0 Å². The maximum atomic E-state index is 3.58. The van der Waals surface area contributed by atoms with Gasteiger partial charge in [0.1, 0.15) is 0 Å². The minimum absolute atomic E-state index is 0.801. The van der Waals surface area contributed by atoms with E-state index in [2.05, 4.69) is 35.8 Å². The lowest BCUT2D eigenvalue weighted by Gasteiger charge is -2.44. The molecule has 2 aliphatic rings. The summed E-state index contributed by atoms with van der Waals surface area (Å²) in [5.74, 6) is 1.38. The van der Waals surface area contributed by atoms with Gasteiger partial charge in [-0.1, -0.05) is 13.8 Å². The van der Waals surface area contributed by atoms with Crippen LogP contribution in [0.2, 0.25) is 0 Å². The first kappa shape index (κ1) is 13.7. The van der Waals surface area contributed by atoms with Crippen molar-refractivity contribution in [3.8, 4) is 0 Å². The van der Waals surface area contributed by atoms with Gasteiger partial charge in [0.05, 0.1) is 0 Å². The summed E-state index contributed by atoms with van der Waals surface area (Å²) < 4.78 is 0. The number of nitrogens with one attached hydrogen (secondary N) is 1. The van der Waals surface area contributed by atoms with Crippen LogP contribution in [0.25, 0.3) is 0 Å². The summed E-state index contributed by atoms with van der Waals surface area (Å²) in [6.45, 7) is 8.50. The zero-order valence-corrected chi connectivity index (χ0v) is 12.3. The highest BCUT2D eigenvalue weighted by Crippen LogP contribution is 2.31. The van der Waals surface area contributed by atoms with E-state index in [9.17, 15) is 0 Å². The van der Waals surface area contributed by atoms with Crippen molar-refractivity contribution in [3.63, 3.8) is 0 Å². The quantitative estimate of drug-likeness (QED) is 0.832. The monoisotopic (exact) mass is 256 g/mol. The summed E-state index contributed by atoms with van der Waals surface area (Å²) in [4.78, 5) is 2.84. The second-order valence-electron chi connectivity index (χ2n) is 5.52. The number of nitrogens with zero attached hydrogens (tertiary/aromatic N) is 1. The molecule has 0 aromatic heterocycles. The molecular weight excluding hydrogens is 228 g/mol. The van der Waals surface area contributed by atoms with E-state index >= 15 is 0 Å². The van der Waals surface area contributed by atoms with E-state index < -0.39 is 0 Å². The lowest BCUT2D eigenvalue weighted by Crippen LogP contribution is -2.54. The van der Waals surface area contributed by atoms with Gasteiger partial charge in [-0.15, -0.1) is 0 Å². The van der Waals surface area contributed by atoms with E-state index in [1.165, 1.54) is 57.5 Å². The molecule has 2 heterocycles. The van der Waals surface area contributed by atoms with E-state index in [1.807, 2.05) is 0 Å². The number of hydrogen-bond donors (Lipinski definition) is 1. The zero-order chi connectivity index (χ0) is 12.1. The van der Waals surface area contributed by atoms with Crippen LogP contribution in [0.15, 0.2) is 0 Å². The maximum absolute atomic E-state index is 3.58. The average molecular weight is 256 g/mol. The molecule has 0 amide bonds. The maximum Gasteiger partial charge on any atom is 0.0224 e. The molecule has 2 aliphatic heterocycles. The number of hydrogen-bond acceptors (Lipinski definition) is 3. The number of rotatable bonds is 4. The van der Waals surface area contributed by atoms with Crippen molar-refractivity contribution in [3.05, 3.63) is 0 Å². The Morgan fingerprint density at radius 3 is 2.82 bits per heavy atom. The summed E-state index contributed by atoms with van der Waals surface area (Å²) in [7, 11) is 0. The third kappa shape index (κ3) is 3.62. The Morgan fingerprint density at radius 2 is 2.18 bits per heavy atom. The molecule has 0 saturated carbocycles. The molecule has 2 rings (SSSR count). The Labute approximate surface area is 111 Å². The molecule has 0 aromatic carbocycles. The highest BCUT2D eigenvalue weighted by atomic mass is 32.2. The molecule has 100 valence electrons. The van der Waals surface area contributed by atoms with Crippen LogP contribution >= 0.6 is 11.8 Å². The minimum Gasteiger partial charge on any atom is -0.315 e. The third-order valence-corrected chi connectivity index (χ3v) is 5.58. The van der Waals surface area contributed by atoms with E-state index in [0.717, 1.165) is 17.3 Å². The van der Waals surface area contributed by atoms with Gasteiger partial charge in [-0.3, -0.25) is 4.90 Å². The molecule has 0 aliphatic carbocycles. The van der Waals surface area contributed by atoms with Gasteiger partial charge >= 0.3 is 0 Å². The van der Waals surface area contributed by atoms with Gasteiger partial charge in [0, 0.05) is 23.9 Å². The fraction of sp³-hybridized carbons (Fsp3) is 1.00. The Bertz CT molecular complexity index is 216. The van der Waals surface area contributed by atoms with Crippen LogP contribution in [0.1, 0.15) is 46.0 Å². The largest absolute Gasteiger partial charge is 0.315 e. The second-order valence-corrected chi connectivity index (χ2v) is 7.01. The molecule has 3 atom stereocenters. The predicted molar refractivity (Wildman–Crippen MR) is 77.8 cm³/mol. The Kier molecular flexibility index (Phi) is 5.64. The Morgan fingerprint density at radius 1 is 1.29 bits per heavy atom. The van der Waals surface area contributed by atoms with Crippen molar-refractivity contribution < 1.29 is 0 Å². The molecule has 2 fully saturated rings. The van der Waals surface area contributed by atoms with Crippen LogP contribution in [0.5, 0.6) is 0 Å². The van der Waals surface area contributed by atoms with Crippen molar-refractivity contribution in [2.75, 3.05) is 25.4 Å². The van der Waals surface area contributed by atoms with Crippen LogP contribution in [-0.4, -0.2) is 47.6 Å². The van der Waals surface area contributed by atoms with Gasteiger partial charge in [0.15, 0.2) is 0 Å². The average Bonchev–Trinajstić information content (AvgIpc) is 2.38. The smallest absolute Gasteiger partial charge is 0.0224 e. The lowest BCUT2D eigenvalue weighted by atomic mass is 9.99. The molecule has 2 saturated heterocycles. The van der Waals surface area contributed by atoms with Crippen molar-refractivity contribution in [2.45, 2.75) is 63.3 Å². The first-order chi connectivity index (χ1) is 8.33. The molecule has 0 radical (unpaired) electrons. The number of piperidine rings is 1. The SMILES string of the molecule is CCCN(C1CCCNC1)C1CCCSC1C. The van der Waals surface area contributed by atoms with E-state index in [4.69, 9.17) is 0 Å². The molecule has 0 aromatic rings. The lowest BCUT2D eigenvalue weighted by molar-refractivity contribution is 0.104. The van der Waals surface area contributed by atoms with Gasteiger partial charge in [0.25, 0.3) is 0 Å². The predicted octanol–water partition coefficient (Wildman–Crippen LogP) is 2.73. The van der Waals surface area contributed by atoms with Crippen LogP contribution in [0, 0.1) is 0 Å². The highest BCUT2D eigenvalue weighted by molar-refractivity contribution is 7.99. The molecule has 3 unspecified atom stereocenters. The topological polar surface area (TPSA) is 15.3 Å². The standard InChI is InChI=1S/C14H28N2S/c1-3-9-16(13-6-4-8-15-11-13)14-7-5-10-17-12(14)2/h12-15H,3-11H2,1-2H3. The van der Waals surface area contributed by atoms with Crippen molar-refractivity contribution >= 4 is 11.8 Å². The summed E-state index contributed by atoms with van der Waals surface area (Å²) in [5, 5.41) is 4.41. The molecule has 17 heavy (non-hydrogen) atoms. The normalized spacial score (nSPS) is 35.1. The van der Waals surface area contributed by atoms with Gasteiger partial charge in [-0.25, -0.2) is 0 Å². The van der Waals surface area contributed by atoms with Gasteiger partial charge < -0.3 is 5.32 Å². The molecule has 0 spiro atoms. The zero-order valence-electron chi connectivity index (χ0n) is 11.5. The summed E-state index contributed by atoms with van der Waals surface area (Å²) in [6, 6.07) is 1.63. The first-order valence-corrected chi connectivity index (χ1v) is 8.46. The minimum atomic E-state index is 0.801. The van der Waals surface area contributed by atoms with Crippen LogP contribution in [0.3, 0.4) is 0 Å². The summed E-state index contributed by atoms with van der Waals surface area (Å²) in [5.41, 5.74) is 0. The van der Waals surface area contributed by atoms with Gasteiger partial charge in [0.2, 0.25) is 0 Å². The number of thioether (sulfide) groups is 1. The third-order valence-electron chi connectivity index (χ3n) is 4.21.